The first-order valence-corrected chi connectivity index (χ1v) is 9.34. The summed E-state index contributed by atoms with van der Waals surface area (Å²) in [5, 5.41) is 4.41. The Bertz CT molecular complexity index is 868. The average Bonchev–Trinajstić information content (AvgIpc) is 3.11. The molecule has 3 rings (SSSR count). The molecule has 26 heavy (non-hydrogen) atoms. The first-order valence-electron chi connectivity index (χ1n) is 8.08. The predicted octanol–water partition coefficient (Wildman–Crippen LogP) is 4.53. The van der Waals surface area contributed by atoms with Gasteiger partial charge < -0.3 is 9.42 Å². The van der Waals surface area contributed by atoms with Gasteiger partial charge in [0.1, 0.15) is 0 Å². The number of benzene rings is 2. The number of nitrogens with zero attached hydrogens (tertiary/aromatic N) is 3. The lowest BCUT2D eigenvalue weighted by Crippen LogP contribution is -2.32. The molecule has 0 spiro atoms. The van der Waals surface area contributed by atoms with Crippen LogP contribution in [0.4, 0.5) is 0 Å². The van der Waals surface area contributed by atoms with E-state index in [1.807, 2.05) is 49.4 Å². The second-order valence-electron chi connectivity index (χ2n) is 5.79. The standard InChI is InChI=1S/C19H18ClN3O2S/c1-13(26-16-6-4-3-5-7-16)19(24)23(2)12-17-21-18(22-25-17)14-8-10-15(20)11-9-14/h3-11,13H,12H2,1-2H3/t13-/m0/s1. The lowest BCUT2D eigenvalue weighted by Gasteiger charge is -2.19. The number of aromatic nitrogens is 2. The van der Waals surface area contributed by atoms with Crippen molar-refractivity contribution < 1.29 is 9.32 Å². The fourth-order valence-electron chi connectivity index (χ4n) is 2.38. The molecule has 0 N–H and O–H groups in total. The number of hydrogen-bond acceptors (Lipinski definition) is 5. The quantitative estimate of drug-likeness (QED) is 0.581. The largest absolute Gasteiger partial charge is 0.337 e. The highest BCUT2D eigenvalue weighted by molar-refractivity contribution is 8.00. The molecular formula is C19H18ClN3O2S. The highest BCUT2D eigenvalue weighted by Gasteiger charge is 2.21. The van der Waals surface area contributed by atoms with E-state index in [0.717, 1.165) is 10.5 Å². The molecule has 1 heterocycles. The Hall–Kier alpha value is -2.31. The van der Waals surface area contributed by atoms with Crippen LogP contribution in [-0.4, -0.2) is 33.2 Å². The lowest BCUT2D eigenvalue weighted by atomic mass is 10.2. The number of hydrogen-bond donors (Lipinski definition) is 0. The lowest BCUT2D eigenvalue weighted by molar-refractivity contribution is -0.129. The van der Waals surface area contributed by atoms with Gasteiger partial charge in [0.25, 0.3) is 0 Å². The summed E-state index contributed by atoms with van der Waals surface area (Å²) in [6, 6.07) is 17.0. The zero-order valence-electron chi connectivity index (χ0n) is 14.4. The Morgan fingerprint density at radius 3 is 2.58 bits per heavy atom. The van der Waals surface area contributed by atoms with Gasteiger partial charge in [-0.3, -0.25) is 4.79 Å². The van der Waals surface area contributed by atoms with Crippen molar-refractivity contribution in [2.24, 2.45) is 0 Å². The number of rotatable bonds is 6. The summed E-state index contributed by atoms with van der Waals surface area (Å²) in [6.07, 6.45) is 0. The third-order valence-electron chi connectivity index (χ3n) is 3.72. The van der Waals surface area contributed by atoms with Gasteiger partial charge in [0.05, 0.1) is 11.8 Å². The molecule has 3 aromatic rings. The number of carbonyl (C=O) groups excluding carboxylic acids is 1. The number of halogens is 1. The summed E-state index contributed by atoms with van der Waals surface area (Å²) < 4.78 is 5.27. The van der Waals surface area contributed by atoms with E-state index in [4.69, 9.17) is 16.1 Å². The summed E-state index contributed by atoms with van der Waals surface area (Å²) in [6.45, 7) is 2.16. The minimum atomic E-state index is -0.207. The molecule has 1 amide bonds. The highest BCUT2D eigenvalue weighted by atomic mass is 35.5. The van der Waals surface area contributed by atoms with E-state index in [1.165, 1.54) is 11.8 Å². The van der Waals surface area contributed by atoms with E-state index >= 15 is 0 Å². The molecule has 1 atom stereocenters. The third kappa shape index (κ3) is 4.65. The van der Waals surface area contributed by atoms with Gasteiger partial charge in [-0.25, -0.2) is 0 Å². The summed E-state index contributed by atoms with van der Waals surface area (Å²) in [5.74, 6) is 0.872. The van der Waals surface area contributed by atoms with Crippen molar-refractivity contribution in [3.8, 4) is 11.4 Å². The van der Waals surface area contributed by atoms with Crippen molar-refractivity contribution in [2.75, 3.05) is 7.05 Å². The van der Waals surface area contributed by atoms with Gasteiger partial charge in [0.15, 0.2) is 0 Å². The summed E-state index contributed by atoms with van der Waals surface area (Å²) in [7, 11) is 1.73. The molecule has 0 saturated carbocycles. The van der Waals surface area contributed by atoms with Crippen LogP contribution in [0.25, 0.3) is 11.4 Å². The molecule has 0 unspecified atom stereocenters. The van der Waals surface area contributed by atoms with Crippen LogP contribution in [-0.2, 0) is 11.3 Å². The van der Waals surface area contributed by atoms with Crippen molar-refractivity contribution in [3.05, 3.63) is 65.5 Å². The fraction of sp³-hybridized carbons (Fsp3) is 0.211. The second kappa shape index (κ2) is 8.38. The first-order chi connectivity index (χ1) is 12.5. The first kappa shape index (κ1) is 18.5. The zero-order chi connectivity index (χ0) is 18.5. The summed E-state index contributed by atoms with van der Waals surface area (Å²) >= 11 is 7.41. The van der Waals surface area contributed by atoms with E-state index in [1.54, 1.807) is 24.1 Å². The zero-order valence-corrected chi connectivity index (χ0v) is 16.0. The van der Waals surface area contributed by atoms with Gasteiger partial charge in [0, 0.05) is 22.5 Å². The van der Waals surface area contributed by atoms with Gasteiger partial charge in [-0.1, -0.05) is 35.0 Å². The van der Waals surface area contributed by atoms with Crippen LogP contribution in [0.15, 0.2) is 64.0 Å². The topological polar surface area (TPSA) is 59.2 Å². The molecule has 0 radical (unpaired) electrons. The van der Waals surface area contributed by atoms with Crippen molar-refractivity contribution in [1.29, 1.82) is 0 Å². The van der Waals surface area contributed by atoms with Gasteiger partial charge in [0.2, 0.25) is 17.6 Å². The molecule has 5 nitrogen and oxygen atoms in total. The number of thioether (sulfide) groups is 1. The molecule has 0 aliphatic carbocycles. The monoisotopic (exact) mass is 387 g/mol. The van der Waals surface area contributed by atoms with E-state index in [2.05, 4.69) is 10.1 Å². The van der Waals surface area contributed by atoms with E-state index in [0.29, 0.717) is 16.7 Å². The molecule has 2 aromatic carbocycles. The van der Waals surface area contributed by atoms with E-state index in [9.17, 15) is 4.79 Å². The van der Waals surface area contributed by atoms with Crippen molar-refractivity contribution >= 4 is 29.3 Å². The smallest absolute Gasteiger partial charge is 0.246 e. The Morgan fingerprint density at radius 2 is 1.88 bits per heavy atom. The van der Waals surface area contributed by atoms with Crippen LogP contribution in [0.2, 0.25) is 5.02 Å². The van der Waals surface area contributed by atoms with Gasteiger partial charge >= 0.3 is 0 Å². The van der Waals surface area contributed by atoms with Crippen molar-refractivity contribution in [1.82, 2.24) is 15.0 Å². The molecule has 1 aromatic heterocycles. The van der Waals surface area contributed by atoms with Crippen LogP contribution in [0.3, 0.4) is 0 Å². The fourth-order valence-corrected chi connectivity index (χ4v) is 3.51. The second-order valence-corrected chi connectivity index (χ2v) is 7.64. The maximum atomic E-state index is 12.6. The molecular weight excluding hydrogens is 370 g/mol. The van der Waals surface area contributed by atoms with Crippen molar-refractivity contribution in [2.45, 2.75) is 23.6 Å². The Kier molecular flexibility index (Phi) is 5.96. The number of carbonyl (C=O) groups is 1. The van der Waals surface area contributed by atoms with E-state index < -0.39 is 0 Å². The van der Waals surface area contributed by atoms with Gasteiger partial charge in [-0.2, -0.15) is 4.98 Å². The number of amides is 1. The van der Waals surface area contributed by atoms with Crippen LogP contribution in [0.5, 0.6) is 0 Å². The van der Waals surface area contributed by atoms with Gasteiger partial charge in [-0.15, -0.1) is 11.8 Å². The normalized spacial score (nSPS) is 12.0. The third-order valence-corrected chi connectivity index (χ3v) is 5.07. The maximum Gasteiger partial charge on any atom is 0.246 e. The minimum absolute atomic E-state index is 0.00472. The van der Waals surface area contributed by atoms with Crippen molar-refractivity contribution in [3.63, 3.8) is 0 Å². The molecule has 0 saturated heterocycles. The van der Waals surface area contributed by atoms with Crippen LogP contribution < -0.4 is 0 Å². The summed E-state index contributed by atoms with van der Waals surface area (Å²) in [5.41, 5.74) is 0.811. The van der Waals surface area contributed by atoms with Crippen LogP contribution >= 0.6 is 23.4 Å². The molecule has 134 valence electrons. The molecule has 0 aliphatic heterocycles. The Balaban J connectivity index is 1.61. The van der Waals surface area contributed by atoms with Crippen LogP contribution in [0.1, 0.15) is 12.8 Å². The maximum absolute atomic E-state index is 12.6. The predicted molar refractivity (Wildman–Crippen MR) is 103 cm³/mol. The SMILES string of the molecule is C[C@H](Sc1ccccc1)C(=O)N(C)Cc1nc(-c2ccc(Cl)cc2)no1. The Labute approximate surface area is 161 Å². The molecule has 0 bridgehead atoms. The minimum Gasteiger partial charge on any atom is -0.337 e. The highest BCUT2D eigenvalue weighted by Crippen LogP contribution is 2.24. The van der Waals surface area contributed by atoms with E-state index in [-0.39, 0.29) is 17.7 Å². The summed E-state index contributed by atoms with van der Waals surface area (Å²) in [4.78, 5) is 19.6. The molecule has 0 aliphatic rings. The van der Waals surface area contributed by atoms with Gasteiger partial charge in [-0.05, 0) is 43.3 Å². The average molecular weight is 388 g/mol. The Morgan fingerprint density at radius 1 is 1.19 bits per heavy atom. The molecule has 0 fully saturated rings. The van der Waals surface area contributed by atoms with Crippen LogP contribution in [0, 0.1) is 0 Å². The molecule has 7 heteroatoms.